The van der Waals surface area contributed by atoms with Crippen molar-refractivity contribution in [1.82, 2.24) is 0 Å². The van der Waals surface area contributed by atoms with Crippen LogP contribution in [0.15, 0.2) is 11.6 Å². The van der Waals surface area contributed by atoms with Crippen LogP contribution in [0.3, 0.4) is 0 Å². The molecule has 0 nitrogen and oxygen atoms in total. The molecule has 1 heteroatoms. The van der Waals surface area contributed by atoms with E-state index in [0.717, 1.165) is 24.2 Å². The molecule has 4 atom stereocenters. The van der Waals surface area contributed by atoms with E-state index in [1.54, 1.807) is 5.57 Å². The highest BCUT2D eigenvalue weighted by molar-refractivity contribution is 6.20. The highest BCUT2D eigenvalue weighted by Gasteiger charge is 2.46. The third kappa shape index (κ3) is 1.94. The van der Waals surface area contributed by atoms with E-state index in [0.29, 0.717) is 10.8 Å². The minimum Gasteiger partial charge on any atom is -0.123 e. The average molecular weight is 241 g/mol. The predicted molar refractivity (Wildman–Crippen MR) is 71.8 cm³/mol. The molecule has 0 N–H and O–H groups in total. The molecular weight excluding hydrogens is 216 g/mol. The first-order chi connectivity index (χ1) is 7.45. The lowest BCUT2D eigenvalue weighted by Gasteiger charge is -2.51. The maximum absolute atomic E-state index is 6.32. The summed E-state index contributed by atoms with van der Waals surface area (Å²) in [6.07, 6.45) is 7.38. The second kappa shape index (κ2) is 4.37. The van der Waals surface area contributed by atoms with Crippen molar-refractivity contribution in [3.63, 3.8) is 0 Å². The largest absolute Gasteiger partial charge is 0.123 e. The third-order valence-electron chi connectivity index (χ3n) is 4.95. The summed E-state index contributed by atoms with van der Waals surface area (Å²) in [5.74, 6) is 2.47. The van der Waals surface area contributed by atoms with Crippen molar-refractivity contribution >= 4 is 11.6 Å². The molecule has 0 aliphatic heterocycles. The molecule has 2 aliphatic rings. The number of hydrogen-bond acceptors (Lipinski definition) is 0. The molecule has 0 spiro atoms. The van der Waals surface area contributed by atoms with Crippen LogP contribution in [-0.4, -0.2) is 5.38 Å². The summed E-state index contributed by atoms with van der Waals surface area (Å²) < 4.78 is 0. The lowest BCUT2D eigenvalue weighted by atomic mass is 9.54. The second-order valence-corrected chi connectivity index (χ2v) is 7.09. The van der Waals surface area contributed by atoms with Crippen LogP contribution < -0.4 is 0 Å². The Balaban J connectivity index is 2.32. The standard InChI is InChI=1S/C15H25Cl/c1-10(2)14-11(3)5-6-12-9-13(16)7-8-15(12,14)4/h6,10-11,13-14H,5,7-9H2,1-4H3/t11?,13-,14?,15-/m0/s1. The van der Waals surface area contributed by atoms with Crippen molar-refractivity contribution in [2.45, 2.75) is 58.8 Å². The van der Waals surface area contributed by atoms with Crippen molar-refractivity contribution in [3.8, 4) is 0 Å². The van der Waals surface area contributed by atoms with Gasteiger partial charge in [-0.05, 0) is 48.9 Å². The van der Waals surface area contributed by atoms with Crippen LogP contribution in [-0.2, 0) is 0 Å². The number of hydrogen-bond donors (Lipinski definition) is 0. The number of alkyl halides is 1. The Kier molecular flexibility index (Phi) is 3.41. The maximum Gasteiger partial charge on any atom is 0.0373 e. The fourth-order valence-corrected chi connectivity index (χ4v) is 4.66. The van der Waals surface area contributed by atoms with Gasteiger partial charge >= 0.3 is 0 Å². The molecule has 0 radical (unpaired) electrons. The van der Waals surface area contributed by atoms with Crippen LogP contribution in [0.1, 0.15) is 53.4 Å². The molecular formula is C15H25Cl. The van der Waals surface area contributed by atoms with Crippen molar-refractivity contribution in [3.05, 3.63) is 11.6 Å². The lowest BCUT2D eigenvalue weighted by molar-refractivity contribution is 0.0760. The van der Waals surface area contributed by atoms with Crippen LogP contribution in [0.5, 0.6) is 0 Å². The molecule has 0 aromatic heterocycles. The van der Waals surface area contributed by atoms with Gasteiger partial charge in [-0.25, -0.2) is 0 Å². The highest BCUT2D eigenvalue weighted by atomic mass is 35.5. The quantitative estimate of drug-likeness (QED) is 0.446. The molecule has 2 rings (SSSR count). The van der Waals surface area contributed by atoms with E-state index >= 15 is 0 Å². The van der Waals surface area contributed by atoms with E-state index in [9.17, 15) is 0 Å². The van der Waals surface area contributed by atoms with Crippen molar-refractivity contribution in [2.75, 3.05) is 0 Å². The molecule has 0 saturated heterocycles. The number of halogens is 1. The zero-order valence-corrected chi connectivity index (χ0v) is 11.8. The van der Waals surface area contributed by atoms with Crippen LogP contribution in [0, 0.1) is 23.2 Å². The lowest BCUT2D eigenvalue weighted by Crippen LogP contribution is -2.43. The molecule has 1 saturated carbocycles. The topological polar surface area (TPSA) is 0 Å². The van der Waals surface area contributed by atoms with Crippen molar-refractivity contribution < 1.29 is 0 Å². The molecule has 0 amide bonds. The first kappa shape index (κ1) is 12.5. The van der Waals surface area contributed by atoms with Gasteiger partial charge in [0.15, 0.2) is 0 Å². The van der Waals surface area contributed by atoms with Gasteiger partial charge in [0.05, 0.1) is 0 Å². The van der Waals surface area contributed by atoms with Gasteiger partial charge in [0.2, 0.25) is 0 Å². The monoisotopic (exact) mass is 240 g/mol. The van der Waals surface area contributed by atoms with E-state index < -0.39 is 0 Å². The normalized spacial score (nSPS) is 44.1. The van der Waals surface area contributed by atoms with Crippen molar-refractivity contribution in [1.29, 1.82) is 0 Å². The third-order valence-corrected chi connectivity index (χ3v) is 5.33. The Morgan fingerprint density at radius 1 is 1.44 bits per heavy atom. The number of fused-ring (bicyclic) bond motifs is 1. The predicted octanol–water partition coefficient (Wildman–Crippen LogP) is 5.02. The Hall–Kier alpha value is 0.0300. The molecule has 2 aliphatic carbocycles. The molecule has 92 valence electrons. The summed E-state index contributed by atoms with van der Waals surface area (Å²) in [6, 6.07) is 0. The summed E-state index contributed by atoms with van der Waals surface area (Å²) in [5, 5.41) is 0.389. The smallest absolute Gasteiger partial charge is 0.0373 e. The molecule has 0 bridgehead atoms. The molecule has 0 heterocycles. The summed E-state index contributed by atoms with van der Waals surface area (Å²) in [6.45, 7) is 9.70. The van der Waals surface area contributed by atoms with Gasteiger partial charge in [-0.2, -0.15) is 0 Å². The fourth-order valence-electron chi connectivity index (χ4n) is 4.38. The molecule has 0 aromatic rings. The van der Waals surface area contributed by atoms with E-state index in [2.05, 4.69) is 33.8 Å². The van der Waals surface area contributed by atoms with Crippen LogP contribution >= 0.6 is 11.6 Å². The van der Waals surface area contributed by atoms with E-state index in [4.69, 9.17) is 11.6 Å². The minimum absolute atomic E-state index is 0.389. The van der Waals surface area contributed by atoms with Gasteiger partial charge in [-0.1, -0.05) is 39.3 Å². The summed E-state index contributed by atoms with van der Waals surface area (Å²) >= 11 is 6.32. The van der Waals surface area contributed by atoms with Gasteiger partial charge in [0.25, 0.3) is 0 Å². The summed E-state index contributed by atoms with van der Waals surface area (Å²) in [4.78, 5) is 0. The van der Waals surface area contributed by atoms with Gasteiger partial charge in [0.1, 0.15) is 0 Å². The Bertz CT molecular complexity index is 292. The van der Waals surface area contributed by atoms with Crippen LogP contribution in [0.2, 0.25) is 0 Å². The first-order valence-corrected chi connectivity index (χ1v) is 7.22. The SMILES string of the molecule is CC(C)C1C(C)CC=C2C[C@@H](Cl)CC[C@@]21C. The van der Waals surface area contributed by atoms with E-state index in [1.165, 1.54) is 19.3 Å². The van der Waals surface area contributed by atoms with Gasteiger partial charge in [-0.3, -0.25) is 0 Å². The Morgan fingerprint density at radius 2 is 2.12 bits per heavy atom. The van der Waals surface area contributed by atoms with Crippen LogP contribution in [0.4, 0.5) is 0 Å². The fraction of sp³-hybridized carbons (Fsp3) is 0.867. The molecule has 2 unspecified atom stereocenters. The molecule has 0 aromatic carbocycles. The number of allylic oxidation sites excluding steroid dienone is 2. The van der Waals surface area contributed by atoms with E-state index in [-0.39, 0.29) is 0 Å². The highest BCUT2D eigenvalue weighted by Crippen LogP contribution is 2.55. The zero-order valence-electron chi connectivity index (χ0n) is 11.1. The number of rotatable bonds is 1. The summed E-state index contributed by atoms with van der Waals surface area (Å²) in [5.41, 5.74) is 2.10. The van der Waals surface area contributed by atoms with Gasteiger partial charge in [0, 0.05) is 5.38 Å². The summed E-state index contributed by atoms with van der Waals surface area (Å²) in [7, 11) is 0. The van der Waals surface area contributed by atoms with Crippen LogP contribution in [0.25, 0.3) is 0 Å². The van der Waals surface area contributed by atoms with Crippen molar-refractivity contribution in [2.24, 2.45) is 23.2 Å². The van der Waals surface area contributed by atoms with Gasteiger partial charge < -0.3 is 0 Å². The second-order valence-electron chi connectivity index (χ2n) is 6.47. The molecule has 16 heavy (non-hydrogen) atoms. The molecule has 1 fully saturated rings. The zero-order chi connectivity index (χ0) is 11.9. The van der Waals surface area contributed by atoms with Gasteiger partial charge in [-0.15, -0.1) is 11.6 Å². The average Bonchev–Trinajstić information content (AvgIpc) is 2.18. The Morgan fingerprint density at radius 3 is 2.75 bits per heavy atom. The van der Waals surface area contributed by atoms with E-state index in [1.807, 2.05) is 0 Å². The maximum atomic E-state index is 6.32. The Labute approximate surface area is 105 Å². The minimum atomic E-state index is 0.389. The first-order valence-electron chi connectivity index (χ1n) is 6.78.